The highest BCUT2D eigenvalue weighted by molar-refractivity contribution is 7.90. The maximum absolute atomic E-state index is 13.2. The lowest BCUT2D eigenvalue weighted by atomic mass is 9.89. The minimum absolute atomic E-state index is 0.0184. The molecule has 2 aromatic rings. The third-order valence-electron chi connectivity index (χ3n) is 5.33. The normalized spacial score (nSPS) is 24.8. The molecule has 156 valence electrons. The molecule has 0 aliphatic carbocycles. The number of benzene rings is 1. The van der Waals surface area contributed by atoms with Crippen molar-refractivity contribution in [3.63, 3.8) is 0 Å². The molecule has 4 rings (SSSR count). The summed E-state index contributed by atoms with van der Waals surface area (Å²) >= 11 is 0. The Kier molecular flexibility index (Phi) is 4.53. The van der Waals surface area contributed by atoms with Gasteiger partial charge in [0.25, 0.3) is 0 Å². The van der Waals surface area contributed by atoms with Crippen LogP contribution in [0.15, 0.2) is 53.7 Å². The number of alkyl halides is 3. The Morgan fingerprint density at radius 1 is 1.14 bits per heavy atom. The number of hydrogen-bond donors (Lipinski definition) is 0. The van der Waals surface area contributed by atoms with Crippen LogP contribution in [0.4, 0.5) is 13.2 Å². The fourth-order valence-electron chi connectivity index (χ4n) is 3.99. The van der Waals surface area contributed by atoms with E-state index in [4.69, 9.17) is 0 Å². The van der Waals surface area contributed by atoms with Crippen molar-refractivity contribution in [1.82, 2.24) is 13.6 Å². The smallest absolute Gasteiger partial charge is 0.264 e. The van der Waals surface area contributed by atoms with Crippen LogP contribution in [0.2, 0.25) is 0 Å². The Morgan fingerprint density at radius 2 is 1.86 bits per heavy atom. The lowest BCUT2D eigenvalue weighted by molar-refractivity contribution is -0.0485. The van der Waals surface area contributed by atoms with E-state index in [9.17, 15) is 30.0 Å². The summed E-state index contributed by atoms with van der Waals surface area (Å²) < 4.78 is 91.0. The molecule has 2 aliphatic rings. The van der Waals surface area contributed by atoms with E-state index in [2.05, 4.69) is 4.98 Å². The Morgan fingerprint density at radius 3 is 2.52 bits per heavy atom. The van der Waals surface area contributed by atoms with Crippen LogP contribution in [-0.2, 0) is 32.1 Å². The predicted octanol–water partition coefficient (Wildman–Crippen LogP) is 2.04. The monoisotopic (exact) mass is 447 g/mol. The first kappa shape index (κ1) is 20.3. The average molecular weight is 447 g/mol. The molecule has 7 nitrogen and oxygen atoms in total. The van der Waals surface area contributed by atoms with E-state index in [0.29, 0.717) is 15.4 Å². The number of aromatic nitrogens is 1. The van der Waals surface area contributed by atoms with Gasteiger partial charge >= 0.3 is 15.5 Å². The fraction of sp³-hybridized carbons (Fsp3) is 0.353. The molecule has 3 heterocycles. The van der Waals surface area contributed by atoms with Crippen molar-refractivity contribution in [2.45, 2.75) is 28.9 Å². The number of rotatable bonds is 3. The van der Waals surface area contributed by atoms with Crippen LogP contribution in [0.1, 0.15) is 17.5 Å². The summed E-state index contributed by atoms with van der Waals surface area (Å²) in [6.07, 6.45) is 2.89. The summed E-state index contributed by atoms with van der Waals surface area (Å²) in [5.74, 6) is 0. The molecule has 29 heavy (non-hydrogen) atoms. The molecule has 1 atom stereocenters. The Hall–Kier alpha value is -2.02. The Bertz CT molecular complexity index is 1150. The molecule has 0 saturated carbocycles. The summed E-state index contributed by atoms with van der Waals surface area (Å²) in [6, 6.07) is 9.29. The maximum Gasteiger partial charge on any atom is 0.511 e. The van der Waals surface area contributed by atoms with E-state index in [1.807, 2.05) is 0 Å². The van der Waals surface area contributed by atoms with Gasteiger partial charge in [-0.1, -0.05) is 24.3 Å². The lowest BCUT2D eigenvalue weighted by Crippen LogP contribution is -2.47. The first-order valence-corrected chi connectivity index (χ1v) is 11.5. The van der Waals surface area contributed by atoms with Crippen LogP contribution < -0.4 is 0 Å². The number of pyridine rings is 1. The number of fused-ring (bicyclic) bond motifs is 2. The van der Waals surface area contributed by atoms with Crippen LogP contribution >= 0.6 is 0 Å². The zero-order chi connectivity index (χ0) is 21.1. The molecule has 0 radical (unpaired) electrons. The molecule has 1 unspecified atom stereocenters. The Balaban J connectivity index is 1.83. The summed E-state index contributed by atoms with van der Waals surface area (Å²) in [5, 5.41) is 0. The summed E-state index contributed by atoms with van der Waals surface area (Å²) in [5.41, 5.74) is -6.02. The van der Waals surface area contributed by atoms with Gasteiger partial charge < -0.3 is 0 Å². The first-order chi connectivity index (χ1) is 13.5. The van der Waals surface area contributed by atoms with E-state index in [1.165, 1.54) is 30.6 Å². The second-order valence-electron chi connectivity index (χ2n) is 6.94. The zero-order valence-electron chi connectivity index (χ0n) is 14.9. The van der Waals surface area contributed by atoms with Crippen LogP contribution in [0, 0.1) is 0 Å². The van der Waals surface area contributed by atoms with Gasteiger partial charge in [-0.05, 0) is 29.7 Å². The van der Waals surface area contributed by atoms with Gasteiger partial charge in [0.1, 0.15) is 0 Å². The SMILES string of the molecule is O=S1(=O)c2ccccc2C2(CCN(S(=O)(=O)C(F)(F)F)C2)N1Cc1cccnc1. The number of hydrogen-bond acceptors (Lipinski definition) is 5. The van der Waals surface area contributed by atoms with E-state index in [1.54, 1.807) is 18.2 Å². The highest BCUT2D eigenvalue weighted by Crippen LogP contribution is 2.51. The van der Waals surface area contributed by atoms with Gasteiger partial charge in [-0.15, -0.1) is 0 Å². The van der Waals surface area contributed by atoms with E-state index >= 15 is 0 Å². The first-order valence-electron chi connectivity index (χ1n) is 8.58. The molecule has 1 aromatic heterocycles. The largest absolute Gasteiger partial charge is 0.511 e. The van der Waals surface area contributed by atoms with Gasteiger partial charge in [0.2, 0.25) is 10.0 Å². The van der Waals surface area contributed by atoms with Gasteiger partial charge in [-0.2, -0.15) is 21.8 Å². The second kappa shape index (κ2) is 6.49. The molecule has 2 aliphatic heterocycles. The van der Waals surface area contributed by atoms with Crippen LogP contribution in [0.5, 0.6) is 0 Å². The maximum atomic E-state index is 13.2. The van der Waals surface area contributed by atoms with Crippen molar-refractivity contribution in [3.8, 4) is 0 Å². The minimum atomic E-state index is -5.58. The zero-order valence-corrected chi connectivity index (χ0v) is 16.5. The van der Waals surface area contributed by atoms with E-state index in [-0.39, 0.29) is 17.9 Å². The molecule has 1 aromatic carbocycles. The second-order valence-corrected chi connectivity index (χ2v) is 10.7. The van der Waals surface area contributed by atoms with E-state index < -0.39 is 44.2 Å². The molecular weight excluding hydrogens is 431 g/mol. The van der Waals surface area contributed by atoms with Gasteiger partial charge in [0, 0.05) is 32.0 Å². The van der Waals surface area contributed by atoms with Gasteiger partial charge in [0.05, 0.1) is 10.4 Å². The van der Waals surface area contributed by atoms with Crippen molar-refractivity contribution in [1.29, 1.82) is 0 Å². The highest BCUT2D eigenvalue weighted by Gasteiger charge is 2.61. The molecular formula is C17H16F3N3O4S2. The van der Waals surface area contributed by atoms with Crippen molar-refractivity contribution >= 4 is 20.0 Å². The molecule has 1 spiro atoms. The van der Waals surface area contributed by atoms with Gasteiger partial charge in [-0.3, -0.25) is 4.98 Å². The highest BCUT2D eigenvalue weighted by atomic mass is 32.2. The molecule has 1 fully saturated rings. The minimum Gasteiger partial charge on any atom is -0.264 e. The molecule has 0 bridgehead atoms. The van der Waals surface area contributed by atoms with Crippen molar-refractivity contribution < 1.29 is 30.0 Å². The third kappa shape index (κ3) is 2.97. The number of halogens is 3. The average Bonchev–Trinajstić information content (AvgIpc) is 3.18. The lowest BCUT2D eigenvalue weighted by Gasteiger charge is -2.34. The van der Waals surface area contributed by atoms with Crippen molar-refractivity contribution in [2.24, 2.45) is 0 Å². The standard InChI is InChI=1S/C17H16F3N3O4S2/c18-17(19,20)29(26,27)22-9-7-16(12-22)14-5-1-2-6-15(14)28(24,25)23(16)11-13-4-3-8-21-10-13/h1-6,8,10H,7,9,11-12H2. The summed E-state index contributed by atoms with van der Waals surface area (Å²) in [7, 11) is -9.61. The van der Waals surface area contributed by atoms with E-state index in [0.717, 1.165) is 4.31 Å². The quantitative estimate of drug-likeness (QED) is 0.719. The molecule has 12 heteroatoms. The fourth-order valence-corrected chi connectivity index (χ4v) is 7.05. The van der Waals surface area contributed by atoms with Crippen LogP contribution in [0.3, 0.4) is 0 Å². The molecule has 0 N–H and O–H groups in total. The van der Waals surface area contributed by atoms with Gasteiger partial charge in [-0.25, -0.2) is 16.8 Å². The van der Waals surface area contributed by atoms with Gasteiger partial charge in [0.15, 0.2) is 0 Å². The van der Waals surface area contributed by atoms with Crippen LogP contribution in [0.25, 0.3) is 0 Å². The van der Waals surface area contributed by atoms with Crippen molar-refractivity contribution in [2.75, 3.05) is 13.1 Å². The molecule has 1 saturated heterocycles. The number of sulfonamides is 2. The Labute approximate surface area is 165 Å². The summed E-state index contributed by atoms with van der Waals surface area (Å²) in [4.78, 5) is 3.93. The number of nitrogens with zero attached hydrogens (tertiary/aromatic N) is 3. The predicted molar refractivity (Wildman–Crippen MR) is 96.3 cm³/mol. The van der Waals surface area contributed by atoms with Crippen molar-refractivity contribution in [3.05, 3.63) is 59.9 Å². The molecule has 0 amide bonds. The van der Waals surface area contributed by atoms with Crippen LogP contribution in [-0.4, -0.2) is 49.0 Å². The topological polar surface area (TPSA) is 87.7 Å². The third-order valence-corrected chi connectivity index (χ3v) is 8.88. The summed E-state index contributed by atoms with van der Waals surface area (Å²) in [6.45, 7) is -1.18.